The lowest BCUT2D eigenvalue weighted by Gasteiger charge is -2.21. The summed E-state index contributed by atoms with van der Waals surface area (Å²) in [5.74, 6) is 0.771. The van der Waals surface area contributed by atoms with Gasteiger partial charge in [0.1, 0.15) is 0 Å². The number of hydrogen-bond acceptors (Lipinski definition) is 7. The lowest BCUT2D eigenvalue weighted by molar-refractivity contribution is 0.0602. The van der Waals surface area contributed by atoms with E-state index in [1.54, 1.807) is 24.4 Å². The molecule has 0 atom stereocenters. The lowest BCUT2D eigenvalue weighted by atomic mass is 10.2. The van der Waals surface area contributed by atoms with Crippen LogP contribution in [0.2, 0.25) is 0 Å². The first kappa shape index (κ1) is 16.2. The first-order chi connectivity index (χ1) is 11.8. The van der Waals surface area contributed by atoms with Crippen molar-refractivity contribution in [1.82, 2.24) is 15.2 Å². The Labute approximate surface area is 141 Å². The van der Waals surface area contributed by atoms with Gasteiger partial charge in [-0.25, -0.2) is 4.79 Å². The molecule has 1 fully saturated rings. The second kappa shape index (κ2) is 7.72. The van der Waals surface area contributed by atoms with Crippen LogP contribution in [-0.2, 0) is 4.74 Å². The Bertz CT molecular complexity index is 699. The van der Waals surface area contributed by atoms with E-state index in [2.05, 4.69) is 25.4 Å². The van der Waals surface area contributed by atoms with Gasteiger partial charge in [-0.2, -0.15) is 10.1 Å². The minimum atomic E-state index is -0.408. The molecule has 0 bridgehead atoms. The van der Waals surface area contributed by atoms with Gasteiger partial charge < -0.3 is 15.0 Å². The third kappa shape index (κ3) is 3.79. The molecule has 0 radical (unpaired) electrons. The number of aromatic nitrogens is 3. The molecule has 2 aromatic rings. The minimum absolute atomic E-state index is 0.369. The number of rotatable bonds is 4. The molecule has 0 amide bonds. The molecule has 1 N–H and O–H groups in total. The third-order valence-corrected chi connectivity index (χ3v) is 4.06. The summed E-state index contributed by atoms with van der Waals surface area (Å²) in [5.41, 5.74) is 1.03. The Morgan fingerprint density at radius 2 is 1.92 bits per heavy atom. The molecule has 1 aromatic carbocycles. The highest BCUT2D eigenvalue weighted by Crippen LogP contribution is 2.21. The Kier molecular flexibility index (Phi) is 5.20. The van der Waals surface area contributed by atoms with Gasteiger partial charge in [-0.15, -0.1) is 5.10 Å². The van der Waals surface area contributed by atoms with Gasteiger partial charge in [-0.1, -0.05) is 25.0 Å². The molecule has 1 aliphatic heterocycles. The van der Waals surface area contributed by atoms with Crippen LogP contribution in [0.4, 0.5) is 17.5 Å². The maximum absolute atomic E-state index is 11.9. The molecular formula is C17H21N5O2. The van der Waals surface area contributed by atoms with Gasteiger partial charge in [0.15, 0.2) is 5.82 Å². The van der Waals surface area contributed by atoms with Crippen molar-refractivity contribution in [2.24, 2.45) is 0 Å². The fourth-order valence-electron chi connectivity index (χ4n) is 2.80. The van der Waals surface area contributed by atoms with Gasteiger partial charge in [0, 0.05) is 13.1 Å². The van der Waals surface area contributed by atoms with E-state index in [0.29, 0.717) is 17.2 Å². The fraction of sp³-hybridized carbons (Fsp3) is 0.412. The number of carbonyl (C=O) groups is 1. The van der Waals surface area contributed by atoms with Crippen LogP contribution in [0.15, 0.2) is 30.5 Å². The highest BCUT2D eigenvalue weighted by Gasteiger charge is 2.15. The van der Waals surface area contributed by atoms with Crippen LogP contribution in [0.1, 0.15) is 36.0 Å². The molecule has 7 nitrogen and oxygen atoms in total. The zero-order valence-corrected chi connectivity index (χ0v) is 13.7. The molecule has 7 heteroatoms. The number of anilines is 3. The van der Waals surface area contributed by atoms with Crippen molar-refractivity contribution in [3.8, 4) is 0 Å². The highest BCUT2D eigenvalue weighted by atomic mass is 16.5. The predicted molar refractivity (Wildman–Crippen MR) is 91.6 cm³/mol. The van der Waals surface area contributed by atoms with E-state index in [1.165, 1.54) is 20.0 Å². The maximum Gasteiger partial charge on any atom is 0.339 e. The zero-order chi connectivity index (χ0) is 16.8. The molecule has 0 aliphatic carbocycles. The number of nitrogens with zero attached hydrogens (tertiary/aromatic N) is 4. The zero-order valence-electron chi connectivity index (χ0n) is 13.7. The van der Waals surface area contributed by atoms with Gasteiger partial charge in [-0.3, -0.25) is 0 Å². The van der Waals surface area contributed by atoms with Crippen molar-refractivity contribution < 1.29 is 9.53 Å². The molecule has 126 valence electrons. The van der Waals surface area contributed by atoms with E-state index in [9.17, 15) is 4.79 Å². The Balaban J connectivity index is 1.81. The maximum atomic E-state index is 11.9. The Hall–Kier alpha value is -2.70. The molecular weight excluding hydrogens is 306 g/mol. The van der Waals surface area contributed by atoms with Gasteiger partial charge in [0.2, 0.25) is 5.95 Å². The van der Waals surface area contributed by atoms with Crippen LogP contribution < -0.4 is 10.2 Å². The second-order valence-electron chi connectivity index (χ2n) is 5.70. The normalized spacial score (nSPS) is 14.8. The molecule has 24 heavy (non-hydrogen) atoms. The number of hydrogen-bond donors (Lipinski definition) is 1. The van der Waals surface area contributed by atoms with Crippen LogP contribution in [-0.4, -0.2) is 41.3 Å². The molecule has 1 aromatic heterocycles. The van der Waals surface area contributed by atoms with Crippen molar-refractivity contribution in [2.75, 3.05) is 30.4 Å². The standard InChI is InChI=1S/C17H21N5O2/c1-24-16(23)13-8-4-5-9-14(13)19-17-20-15(12-18-21-17)22-10-6-2-3-7-11-22/h4-5,8-9,12H,2-3,6-7,10-11H2,1H3,(H,19,20,21). The SMILES string of the molecule is COC(=O)c1ccccc1Nc1nncc(N2CCCCCC2)n1. The van der Waals surface area contributed by atoms with Crippen molar-refractivity contribution in [1.29, 1.82) is 0 Å². The molecule has 1 aliphatic rings. The highest BCUT2D eigenvalue weighted by molar-refractivity contribution is 5.96. The van der Waals surface area contributed by atoms with Crippen molar-refractivity contribution in [3.63, 3.8) is 0 Å². The second-order valence-corrected chi connectivity index (χ2v) is 5.70. The largest absolute Gasteiger partial charge is 0.465 e. The monoisotopic (exact) mass is 327 g/mol. The van der Waals surface area contributed by atoms with Gasteiger partial charge >= 0.3 is 5.97 Å². The molecule has 3 rings (SSSR count). The Morgan fingerprint density at radius 1 is 1.17 bits per heavy atom. The quantitative estimate of drug-likeness (QED) is 0.865. The summed E-state index contributed by atoms with van der Waals surface area (Å²) >= 11 is 0. The van der Waals surface area contributed by atoms with Crippen LogP contribution in [0, 0.1) is 0 Å². The molecule has 0 saturated carbocycles. The summed E-state index contributed by atoms with van der Waals surface area (Å²) in [5, 5.41) is 11.1. The number of methoxy groups -OCH3 is 1. The first-order valence-electron chi connectivity index (χ1n) is 8.17. The average Bonchev–Trinajstić information content (AvgIpc) is 2.91. The smallest absolute Gasteiger partial charge is 0.339 e. The number of carbonyl (C=O) groups excluding carboxylic acids is 1. The van der Waals surface area contributed by atoms with E-state index < -0.39 is 5.97 Å². The molecule has 1 saturated heterocycles. The van der Waals surface area contributed by atoms with Crippen LogP contribution >= 0.6 is 0 Å². The number of nitrogens with one attached hydrogen (secondary N) is 1. The van der Waals surface area contributed by atoms with Crippen molar-refractivity contribution in [3.05, 3.63) is 36.0 Å². The van der Waals surface area contributed by atoms with E-state index in [-0.39, 0.29) is 0 Å². The van der Waals surface area contributed by atoms with Crippen LogP contribution in [0.3, 0.4) is 0 Å². The topological polar surface area (TPSA) is 80.2 Å². The van der Waals surface area contributed by atoms with Crippen LogP contribution in [0.25, 0.3) is 0 Å². The third-order valence-electron chi connectivity index (χ3n) is 4.06. The number of benzene rings is 1. The molecule has 0 unspecified atom stereocenters. The minimum Gasteiger partial charge on any atom is -0.465 e. The van der Waals surface area contributed by atoms with Gasteiger partial charge in [0.25, 0.3) is 0 Å². The summed E-state index contributed by atoms with van der Waals surface area (Å²) in [6.45, 7) is 1.97. The average molecular weight is 327 g/mol. The fourth-order valence-corrected chi connectivity index (χ4v) is 2.80. The van der Waals surface area contributed by atoms with E-state index >= 15 is 0 Å². The Morgan fingerprint density at radius 3 is 2.67 bits per heavy atom. The summed E-state index contributed by atoms with van der Waals surface area (Å²) in [6, 6.07) is 7.10. The summed E-state index contributed by atoms with van der Waals surface area (Å²) < 4.78 is 4.80. The lowest BCUT2D eigenvalue weighted by Crippen LogP contribution is -2.25. The van der Waals surface area contributed by atoms with E-state index in [1.807, 2.05) is 6.07 Å². The molecule has 0 spiro atoms. The molecule has 2 heterocycles. The van der Waals surface area contributed by atoms with Crippen LogP contribution in [0.5, 0.6) is 0 Å². The van der Waals surface area contributed by atoms with Gasteiger partial charge in [0.05, 0.1) is 24.6 Å². The van der Waals surface area contributed by atoms with Crippen molar-refractivity contribution in [2.45, 2.75) is 25.7 Å². The predicted octanol–water partition coefficient (Wildman–Crippen LogP) is 2.78. The summed E-state index contributed by atoms with van der Waals surface area (Å²) in [6.07, 6.45) is 6.53. The number of ether oxygens (including phenoxy) is 1. The summed E-state index contributed by atoms with van der Waals surface area (Å²) in [7, 11) is 1.36. The summed E-state index contributed by atoms with van der Waals surface area (Å²) in [4.78, 5) is 18.6. The van der Waals surface area contributed by atoms with Crippen molar-refractivity contribution >= 4 is 23.4 Å². The van der Waals surface area contributed by atoms with E-state index in [4.69, 9.17) is 4.74 Å². The van der Waals surface area contributed by atoms with E-state index in [0.717, 1.165) is 31.7 Å². The van der Waals surface area contributed by atoms with Gasteiger partial charge in [-0.05, 0) is 25.0 Å². The number of esters is 1. The number of para-hydroxylation sites is 1. The first-order valence-corrected chi connectivity index (χ1v) is 8.17.